The molecule has 0 aromatic carbocycles. The Balaban J connectivity index is 1.89. The van der Waals surface area contributed by atoms with Crippen LogP contribution in [0.1, 0.15) is 25.0 Å². The van der Waals surface area contributed by atoms with Crippen molar-refractivity contribution in [2.75, 3.05) is 13.1 Å². The average Bonchev–Trinajstić information content (AvgIpc) is 2.75. The van der Waals surface area contributed by atoms with Crippen molar-refractivity contribution in [2.45, 2.75) is 25.8 Å². The molecule has 3 heterocycles. The summed E-state index contributed by atoms with van der Waals surface area (Å²) in [6.07, 6.45) is 5.93. The summed E-state index contributed by atoms with van der Waals surface area (Å²) in [5, 5.41) is 0.743. The van der Waals surface area contributed by atoms with Crippen LogP contribution in [0, 0.1) is 0 Å². The number of hydrogen-bond donors (Lipinski definition) is 0. The highest BCUT2D eigenvalue weighted by molar-refractivity contribution is 6.29. The van der Waals surface area contributed by atoms with Gasteiger partial charge in [-0.15, -0.1) is 0 Å². The number of hydrogen-bond acceptors (Lipinski definition) is 2. The molecule has 3 rings (SSSR count). The largest absolute Gasteiger partial charge is 0.298 e. The van der Waals surface area contributed by atoms with E-state index in [0.717, 1.165) is 17.3 Å². The van der Waals surface area contributed by atoms with Gasteiger partial charge in [0.25, 0.3) is 0 Å². The molecule has 0 atom stereocenters. The number of pyridine rings is 1. The third kappa shape index (κ3) is 2.17. The fraction of sp³-hybridized carbons (Fsp3) is 0.462. The molecule has 4 heteroatoms. The Labute approximate surface area is 106 Å². The average molecular weight is 250 g/mol. The summed E-state index contributed by atoms with van der Waals surface area (Å²) in [6.45, 7) is 3.33. The van der Waals surface area contributed by atoms with Gasteiger partial charge >= 0.3 is 0 Å². The van der Waals surface area contributed by atoms with Crippen LogP contribution in [0.2, 0.25) is 5.15 Å². The molecular formula is C13H16ClN3. The first kappa shape index (κ1) is 11.1. The van der Waals surface area contributed by atoms with E-state index in [0.29, 0.717) is 0 Å². The summed E-state index contributed by atoms with van der Waals surface area (Å²) < 4.78 is 2.04. The predicted octanol–water partition coefficient (Wildman–Crippen LogP) is 2.97. The van der Waals surface area contributed by atoms with Crippen LogP contribution < -0.4 is 0 Å². The van der Waals surface area contributed by atoms with E-state index in [1.54, 1.807) is 0 Å². The van der Waals surface area contributed by atoms with Gasteiger partial charge in [0.1, 0.15) is 10.8 Å². The molecule has 0 aliphatic carbocycles. The van der Waals surface area contributed by atoms with E-state index in [1.807, 2.05) is 28.8 Å². The normalized spacial score (nSPS) is 17.7. The fourth-order valence-corrected chi connectivity index (χ4v) is 2.78. The molecule has 2 aromatic rings. The number of rotatable bonds is 2. The van der Waals surface area contributed by atoms with Crippen LogP contribution in [0.4, 0.5) is 0 Å². The zero-order chi connectivity index (χ0) is 11.7. The minimum atomic E-state index is 0.743. The van der Waals surface area contributed by atoms with Crippen molar-refractivity contribution in [1.82, 2.24) is 14.3 Å². The van der Waals surface area contributed by atoms with Crippen molar-refractivity contribution >= 4 is 17.2 Å². The predicted molar refractivity (Wildman–Crippen MR) is 69.3 cm³/mol. The Morgan fingerprint density at radius 1 is 1.18 bits per heavy atom. The van der Waals surface area contributed by atoms with Gasteiger partial charge in [-0.3, -0.25) is 9.30 Å². The first-order chi connectivity index (χ1) is 8.34. The topological polar surface area (TPSA) is 20.5 Å². The minimum absolute atomic E-state index is 0.743. The van der Waals surface area contributed by atoms with E-state index in [4.69, 9.17) is 11.6 Å². The molecule has 0 amide bonds. The molecule has 0 radical (unpaired) electrons. The highest BCUT2D eigenvalue weighted by Crippen LogP contribution is 2.18. The van der Waals surface area contributed by atoms with Gasteiger partial charge in [-0.25, -0.2) is 4.98 Å². The molecule has 0 N–H and O–H groups in total. The fourth-order valence-electron chi connectivity index (χ4n) is 2.51. The lowest BCUT2D eigenvalue weighted by Crippen LogP contribution is -2.29. The highest BCUT2D eigenvalue weighted by atomic mass is 35.5. The number of likely N-dealkylation sites (tertiary alicyclic amines) is 1. The summed E-state index contributed by atoms with van der Waals surface area (Å²) in [5.74, 6) is 0. The number of piperidine rings is 1. The summed E-state index contributed by atoms with van der Waals surface area (Å²) in [7, 11) is 0. The van der Waals surface area contributed by atoms with Crippen LogP contribution in [0.3, 0.4) is 0 Å². The van der Waals surface area contributed by atoms with Crippen LogP contribution in [-0.2, 0) is 6.54 Å². The third-order valence-electron chi connectivity index (χ3n) is 3.39. The van der Waals surface area contributed by atoms with Crippen LogP contribution in [0.15, 0.2) is 24.4 Å². The number of nitrogens with zero attached hydrogens (tertiary/aromatic N) is 3. The third-order valence-corrected chi connectivity index (χ3v) is 3.68. The number of aromatic nitrogens is 2. The van der Waals surface area contributed by atoms with Crippen molar-refractivity contribution in [2.24, 2.45) is 0 Å². The maximum Gasteiger partial charge on any atom is 0.138 e. The zero-order valence-corrected chi connectivity index (χ0v) is 10.5. The number of halogens is 1. The number of imidazole rings is 1. The van der Waals surface area contributed by atoms with E-state index in [9.17, 15) is 0 Å². The van der Waals surface area contributed by atoms with Crippen molar-refractivity contribution in [3.05, 3.63) is 35.2 Å². The van der Waals surface area contributed by atoms with Crippen LogP contribution in [-0.4, -0.2) is 27.4 Å². The van der Waals surface area contributed by atoms with Crippen LogP contribution in [0.5, 0.6) is 0 Å². The second kappa shape index (κ2) is 4.67. The molecule has 2 aromatic heterocycles. The standard InChI is InChI=1S/C13H16ClN3/c14-12-5-4-6-13-15-9-11(17(12)13)10-16-7-2-1-3-8-16/h4-6,9H,1-3,7-8,10H2. The molecule has 1 fully saturated rings. The molecule has 90 valence electrons. The molecule has 0 saturated carbocycles. The summed E-state index contributed by atoms with van der Waals surface area (Å²) in [6, 6.07) is 5.84. The van der Waals surface area contributed by atoms with Gasteiger partial charge in [0.2, 0.25) is 0 Å². The summed E-state index contributed by atoms with van der Waals surface area (Å²) >= 11 is 6.23. The Hall–Kier alpha value is -1.06. The SMILES string of the molecule is Clc1cccc2ncc(CN3CCCCC3)n12. The summed E-state index contributed by atoms with van der Waals surface area (Å²) in [4.78, 5) is 6.88. The molecule has 0 unspecified atom stereocenters. The van der Waals surface area contributed by atoms with Gasteiger partial charge in [-0.2, -0.15) is 0 Å². The molecular weight excluding hydrogens is 234 g/mol. The highest BCUT2D eigenvalue weighted by Gasteiger charge is 2.13. The first-order valence-corrected chi connectivity index (χ1v) is 6.55. The zero-order valence-electron chi connectivity index (χ0n) is 9.77. The second-order valence-electron chi connectivity index (χ2n) is 4.63. The van der Waals surface area contributed by atoms with Crippen LogP contribution >= 0.6 is 11.6 Å². The number of fused-ring (bicyclic) bond motifs is 1. The minimum Gasteiger partial charge on any atom is -0.298 e. The molecule has 1 aliphatic heterocycles. The molecule has 0 bridgehead atoms. The lowest BCUT2D eigenvalue weighted by molar-refractivity contribution is 0.218. The quantitative estimate of drug-likeness (QED) is 0.763. The molecule has 1 saturated heterocycles. The van der Waals surface area contributed by atoms with Gasteiger partial charge in [0.15, 0.2) is 0 Å². The second-order valence-corrected chi connectivity index (χ2v) is 5.02. The smallest absolute Gasteiger partial charge is 0.138 e. The molecule has 17 heavy (non-hydrogen) atoms. The summed E-state index contributed by atoms with van der Waals surface area (Å²) in [5.41, 5.74) is 2.12. The molecule has 3 nitrogen and oxygen atoms in total. The van der Waals surface area contributed by atoms with Gasteiger partial charge < -0.3 is 0 Å². The lowest BCUT2D eigenvalue weighted by atomic mass is 10.1. The Bertz CT molecular complexity index is 514. The van der Waals surface area contributed by atoms with Gasteiger partial charge in [-0.05, 0) is 38.1 Å². The van der Waals surface area contributed by atoms with Crippen molar-refractivity contribution in [3.8, 4) is 0 Å². The van der Waals surface area contributed by atoms with E-state index in [1.165, 1.54) is 38.0 Å². The van der Waals surface area contributed by atoms with Crippen molar-refractivity contribution < 1.29 is 0 Å². The molecule has 0 spiro atoms. The van der Waals surface area contributed by atoms with Crippen molar-refractivity contribution in [1.29, 1.82) is 0 Å². The van der Waals surface area contributed by atoms with Crippen LogP contribution in [0.25, 0.3) is 5.65 Å². The Morgan fingerprint density at radius 3 is 2.82 bits per heavy atom. The molecule has 1 aliphatic rings. The van der Waals surface area contributed by atoms with E-state index in [2.05, 4.69) is 9.88 Å². The van der Waals surface area contributed by atoms with E-state index < -0.39 is 0 Å². The van der Waals surface area contributed by atoms with Crippen molar-refractivity contribution in [3.63, 3.8) is 0 Å². The first-order valence-electron chi connectivity index (χ1n) is 6.18. The maximum absolute atomic E-state index is 6.23. The van der Waals surface area contributed by atoms with E-state index >= 15 is 0 Å². The van der Waals surface area contributed by atoms with Gasteiger partial charge in [-0.1, -0.05) is 24.1 Å². The van der Waals surface area contributed by atoms with Gasteiger partial charge in [0.05, 0.1) is 11.9 Å². The Morgan fingerprint density at radius 2 is 2.00 bits per heavy atom. The van der Waals surface area contributed by atoms with Gasteiger partial charge in [0, 0.05) is 6.54 Å². The van der Waals surface area contributed by atoms with E-state index in [-0.39, 0.29) is 0 Å². The maximum atomic E-state index is 6.23. The monoisotopic (exact) mass is 249 g/mol. The lowest BCUT2D eigenvalue weighted by Gasteiger charge is -2.26. The Kier molecular flexibility index (Phi) is 3.04.